The molecule has 0 amide bonds. The molecule has 0 aliphatic carbocycles. The van der Waals surface area contributed by atoms with Crippen LogP contribution in [0.1, 0.15) is 19.4 Å². The lowest BCUT2D eigenvalue weighted by Crippen LogP contribution is -2.19. The third kappa shape index (κ3) is 3.64. The zero-order valence-corrected chi connectivity index (χ0v) is 12.6. The highest BCUT2D eigenvalue weighted by Gasteiger charge is 2.12. The Morgan fingerprint density at radius 3 is 2.89 bits per heavy atom. The first-order valence-corrected chi connectivity index (χ1v) is 7.05. The summed E-state index contributed by atoms with van der Waals surface area (Å²) in [4.78, 5) is 0. The topological polar surface area (TPSA) is 40.7 Å². The van der Waals surface area contributed by atoms with Crippen molar-refractivity contribution in [2.75, 3.05) is 6.54 Å². The second-order valence-electron chi connectivity index (χ2n) is 4.92. The van der Waals surface area contributed by atoms with Gasteiger partial charge in [0, 0.05) is 22.1 Å². The van der Waals surface area contributed by atoms with Gasteiger partial charge in [0.15, 0.2) is 0 Å². The van der Waals surface area contributed by atoms with Crippen molar-refractivity contribution in [2.45, 2.75) is 20.4 Å². The van der Waals surface area contributed by atoms with Crippen LogP contribution in [0, 0.1) is 11.7 Å². The van der Waals surface area contributed by atoms with Gasteiger partial charge in [-0.15, -0.1) is 0 Å². The highest BCUT2D eigenvalue weighted by atomic mass is 79.9. The summed E-state index contributed by atoms with van der Waals surface area (Å²) in [7, 11) is 0. The van der Waals surface area contributed by atoms with Crippen molar-refractivity contribution in [1.29, 1.82) is 0 Å². The molecule has 2 aromatic rings. The summed E-state index contributed by atoms with van der Waals surface area (Å²) in [5.74, 6) is 0.323. The SMILES string of the molecule is CC(C)CNCc1cn[nH]c1-c1ccc(Br)cc1F. The van der Waals surface area contributed by atoms with Gasteiger partial charge in [0.2, 0.25) is 0 Å². The zero-order valence-electron chi connectivity index (χ0n) is 11.0. The lowest BCUT2D eigenvalue weighted by atomic mass is 10.1. The van der Waals surface area contributed by atoms with Crippen molar-refractivity contribution in [3.63, 3.8) is 0 Å². The summed E-state index contributed by atoms with van der Waals surface area (Å²) in [5, 5.41) is 10.2. The van der Waals surface area contributed by atoms with Crippen LogP contribution in [0.3, 0.4) is 0 Å². The third-order valence-electron chi connectivity index (χ3n) is 2.79. The standard InChI is InChI=1S/C14H17BrFN3/c1-9(2)6-17-7-10-8-18-19-14(10)12-4-3-11(15)5-13(12)16/h3-5,8-9,17H,6-7H2,1-2H3,(H,18,19). The Morgan fingerprint density at radius 2 is 2.21 bits per heavy atom. The van der Waals surface area contributed by atoms with Gasteiger partial charge in [-0.05, 0) is 30.7 Å². The van der Waals surface area contributed by atoms with Crippen molar-refractivity contribution in [2.24, 2.45) is 5.92 Å². The molecule has 0 radical (unpaired) electrons. The van der Waals surface area contributed by atoms with Gasteiger partial charge in [0.05, 0.1) is 11.9 Å². The van der Waals surface area contributed by atoms with Crippen LogP contribution in [-0.4, -0.2) is 16.7 Å². The van der Waals surface area contributed by atoms with E-state index in [1.807, 2.05) is 6.07 Å². The minimum Gasteiger partial charge on any atom is -0.312 e. The Labute approximate surface area is 120 Å². The minimum atomic E-state index is -0.260. The number of hydrogen-bond acceptors (Lipinski definition) is 2. The van der Waals surface area contributed by atoms with Gasteiger partial charge in [0.1, 0.15) is 5.82 Å². The quantitative estimate of drug-likeness (QED) is 0.879. The molecule has 102 valence electrons. The average Bonchev–Trinajstić information content (AvgIpc) is 2.77. The maximum absolute atomic E-state index is 13.9. The van der Waals surface area contributed by atoms with E-state index in [0.29, 0.717) is 18.0 Å². The number of nitrogens with zero attached hydrogens (tertiary/aromatic N) is 1. The van der Waals surface area contributed by atoms with Crippen molar-refractivity contribution < 1.29 is 4.39 Å². The third-order valence-corrected chi connectivity index (χ3v) is 3.28. The largest absolute Gasteiger partial charge is 0.312 e. The zero-order chi connectivity index (χ0) is 13.8. The van der Waals surface area contributed by atoms with Gasteiger partial charge in [-0.25, -0.2) is 4.39 Å². The fourth-order valence-electron chi connectivity index (χ4n) is 1.87. The maximum Gasteiger partial charge on any atom is 0.133 e. The van der Waals surface area contributed by atoms with Gasteiger partial charge < -0.3 is 5.32 Å². The molecule has 0 unspecified atom stereocenters. The van der Waals surface area contributed by atoms with E-state index in [0.717, 1.165) is 22.3 Å². The number of benzene rings is 1. The van der Waals surface area contributed by atoms with Crippen LogP contribution in [0.4, 0.5) is 4.39 Å². The monoisotopic (exact) mass is 325 g/mol. The van der Waals surface area contributed by atoms with Crippen molar-refractivity contribution in [3.8, 4) is 11.3 Å². The molecule has 1 heterocycles. The molecule has 0 saturated carbocycles. The van der Waals surface area contributed by atoms with E-state index in [9.17, 15) is 4.39 Å². The number of aromatic nitrogens is 2. The van der Waals surface area contributed by atoms with Crippen molar-refractivity contribution >= 4 is 15.9 Å². The molecule has 0 bridgehead atoms. The number of hydrogen-bond donors (Lipinski definition) is 2. The van der Waals surface area contributed by atoms with E-state index in [2.05, 4.69) is 45.3 Å². The van der Waals surface area contributed by atoms with Crippen LogP contribution in [0.25, 0.3) is 11.3 Å². The van der Waals surface area contributed by atoms with E-state index < -0.39 is 0 Å². The number of halogens is 2. The van der Waals surface area contributed by atoms with Crippen molar-refractivity contribution in [3.05, 3.63) is 40.2 Å². The van der Waals surface area contributed by atoms with E-state index in [4.69, 9.17) is 0 Å². The van der Waals surface area contributed by atoms with Gasteiger partial charge in [0.25, 0.3) is 0 Å². The number of aromatic amines is 1. The summed E-state index contributed by atoms with van der Waals surface area (Å²) in [6, 6.07) is 5.03. The van der Waals surface area contributed by atoms with Gasteiger partial charge >= 0.3 is 0 Å². The lowest BCUT2D eigenvalue weighted by molar-refractivity contribution is 0.552. The summed E-state index contributed by atoms with van der Waals surface area (Å²) in [5.41, 5.74) is 2.25. The van der Waals surface area contributed by atoms with Crippen LogP contribution < -0.4 is 5.32 Å². The number of nitrogens with one attached hydrogen (secondary N) is 2. The summed E-state index contributed by atoms with van der Waals surface area (Å²) < 4.78 is 14.7. The molecular weight excluding hydrogens is 309 g/mol. The Morgan fingerprint density at radius 1 is 1.42 bits per heavy atom. The highest BCUT2D eigenvalue weighted by Crippen LogP contribution is 2.26. The Balaban J connectivity index is 2.19. The molecule has 2 N–H and O–H groups in total. The number of H-pyrrole nitrogens is 1. The molecule has 1 aromatic carbocycles. The molecule has 19 heavy (non-hydrogen) atoms. The van der Waals surface area contributed by atoms with Crippen LogP contribution in [0.5, 0.6) is 0 Å². The molecule has 3 nitrogen and oxygen atoms in total. The molecule has 0 spiro atoms. The second kappa shape index (κ2) is 6.30. The first-order valence-electron chi connectivity index (χ1n) is 6.26. The fraction of sp³-hybridized carbons (Fsp3) is 0.357. The van der Waals surface area contributed by atoms with Crippen LogP contribution in [0.15, 0.2) is 28.9 Å². The normalized spacial score (nSPS) is 11.2. The second-order valence-corrected chi connectivity index (χ2v) is 5.83. The molecule has 0 atom stereocenters. The first kappa shape index (κ1) is 14.2. The predicted octanol–water partition coefficient (Wildman–Crippen LogP) is 3.72. The van der Waals surface area contributed by atoms with E-state index in [1.54, 1.807) is 12.3 Å². The summed E-state index contributed by atoms with van der Waals surface area (Å²) in [6.07, 6.45) is 1.74. The van der Waals surface area contributed by atoms with Gasteiger partial charge in [-0.1, -0.05) is 29.8 Å². The average molecular weight is 326 g/mol. The summed E-state index contributed by atoms with van der Waals surface area (Å²) >= 11 is 3.26. The maximum atomic E-state index is 13.9. The van der Waals surface area contributed by atoms with Crippen LogP contribution in [0.2, 0.25) is 0 Å². The Kier molecular flexibility index (Phi) is 4.71. The molecule has 2 rings (SSSR count). The first-order chi connectivity index (χ1) is 9.08. The Hall–Kier alpha value is -1.20. The molecule has 0 aliphatic rings. The molecular formula is C14H17BrFN3. The van der Waals surface area contributed by atoms with Crippen molar-refractivity contribution in [1.82, 2.24) is 15.5 Å². The minimum absolute atomic E-state index is 0.260. The molecule has 0 fully saturated rings. The van der Waals surface area contributed by atoms with Gasteiger partial charge in [-0.3, -0.25) is 5.10 Å². The highest BCUT2D eigenvalue weighted by molar-refractivity contribution is 9.10. The smallest absolute Gasteiger partial charge is 0.133 e. The molecule has 0 saturated heterocycles. The molecule has 1 aromatic heterocycles. The van der Waals surface area contributed by atoms with E-state index >= 15 is 0 Å². The van der Waals surface area contributed by atoms with Crippen LogP contribution >= 0.6 is 15.9 Å². The van der Waals surface area contributed by atoms with E-state index in [1.165, 1.54) is 6.07 Å². The van der Waals surface area contributed by atoms with E-state index in [-0.39, 0.29) is 5.82 Å². The molecule has 0 aliphatic heterocycles. The van der Waals surface area contributed by atoms with Gasteiger partial charge in [-0.2, -0.15) is 5.10 Å². The fourth-order valence-corrected chi connectivity index (χ4v) is 2.20. The van der Waals surface area contributed by atoms with Crippen LogP contribution in [-0.2, 0) is 6.54 Å². The summed E-state index contributed by atoms with van der Waals surface area (Å²) in [6.45, 7) is 5.91. The number of rotatable bonds is 5. The lowest BCUT2D eigenvalue weighted by Gasteiger charge is -2.08. The predicted molar refractivity (Wildman–Crippen MR) is 78.2 cm³/mol. The molecule has 5 heteroatoms. The Bertz CT molecular complexity index is 551.